The largest absolute Gasteiger partial charge is 0.495 e. The molecule has 1 amide bonds. The zero-order chi connectivity index (χ0) is 24.4. The van der Waals surface area contributed by atoms with Crippen molar-refractivity contribution in [3.8, 4) is 5.75 Å². The standard InChI is InChI=1S/C25H31ClN4O4/c1-5-23-27-16(3)20(28-23)14-29-8-10-30(11-9-29)24(31)7-6-17-15(2)18-12-19(26)22(33-4)13-21(18)34-25(17)32/h12-13H,5-11,14H2,1-4H3,(H,27,28). The summed E-state index contributed by atoms with van der Waals surface area (Å²) >= 11 is 6.26. The SMILES string of the molecule is CCc1nc(CN2CCN(C(=O)CCc3c(C)c4cc(Cl)c(OC)cc4oc3=O)CC2)c(C)[nH]1. The molecule has 1 fully saturated rings. The fourth-order valence-corrected chi connectivity index (χ4v) is 4.72. The molecule has 34 heavy (non-hydrogen) atoms. The van der Waals surface area contributed by atoms with E-state index in [1.165, 1.54) is 7.11 Å². The van der Waals surface area contributed by atoms with Crippen LogP contribution in [0.1, 0.15) is 41.7 Å². The number of piperazine rings is 1. The van der Waals surface area contributed by atoms with Crippen LogP contribution in [-0.2, 0) is 24.2 Å². The Morgan fingerprint density at radius 2 is 1.97 bits per heavy atom. The minimum atomic E-state index is -0.423. The Bertz CT molecular complexity index is 1260. The monoisotopic (exact) mass is 486 g/mol. The van der Waals surface area contributed by atoms with Gasteiger partial charge in [0.2, 0.25) is 5.91 Å². The molecule has 0 unspecified atom stereocenters. The number of carbonyl (C=O) groups is 1. The van der Waals surface area contributed by atoms with Crippen LogP contribution >= 0.6 is 11.6 Å². The van der Waals surface area contributed by atoms with Gasteiger partial charge in [-0.15, -0.1) is 0 Å². The van der Waals surface area contributed by atoms with Crippen molar-refractivity contribution in [2.24, 2.45) is 0 Å². The highest BCUT2D eigenvalue weighted by atomic mass is 35.5. The maximum absolute atomic E-state index is 12.9. The molecule has 0 spiro atoms. The summed E-state index contributed by atoms with van der Waals surface area (Å²) in [6, 6.07) is 3.36. The van der Waals surface area contributed by atoms with E-state index in [1.54, 1.807) is 12.1 Å². The third kappa shape index (κ3) is 4.98. The predicted molar refractivity (Wildman–Crippen MR) is 132 cm³/mol. The van der Waals surface area contributed by atoms with Crippen molar-refractivity contribution in [3.63, 3.8) is 0 Å². The molecular formula is C25H31ClN4O4. The molecule has 0 atom stereocenters. The lowest BCUT2D eigenvalue weighted by Gasteiger charge is -2.34. The number of aryl methyl sites for hydroxylation is 3. The van der Waals surface area contributed by atoms with Gasteiger partial charge in [-0.05, 0) is 31.9 Å². The first-order valence-corrected chi connectivity index (χ1v) is 12.0. The number of nitrogens with zero attached hydrogens (tertiary/aromatic N) is 3. The van der Waals surface area contributed by atoms with E-state index in [0.29, 0.717) is 41.4 Å². The van der Waals surface area contributed by atoms with Crippen LogP contribution in [0.2, 0.25) is 5.02 Å². The van der Waals surface area contributed by atoms with Gasteiger partial charge in [0.25, 0.3) is 0 Å². The lowest BCUT2D eigenvalue weighted by atomic mass is 10.0. The van der Waals surface area contributed by atoms with Crippen molar-refractivity contribution >= 4 is 28.5 Å². The van der Waals surface area contributed by atoms with E-state index in [1.807, 2.05) is 11.8 Å². The number of carbonyl (C=O) groups excluding carboxylic acids is 1. The number of imidazole rings is 1. The number of H-pyrrole nitrogens is 1. The molecule has 1 N–H and O–H groups in total. The third-order valence-corrected chi connectivity index (χ3v) is 6.91. The number of rotatable bonds is 7. The molecule has 8 nitrogen and oxygen atoms in total. The van der Waals surface area contributed by atoms with Crippen molar-refractivity contribution in [3.05, 3.63) is 55.9 Å². The number of methoxy groups -OCH3 is 1. The topological polar surface area (TPSA) is 91.7 Å². The third-order valence-electron chi connectivity index (χ3n) is 6.62. The van der Waals surface area contributed by atoms with Crippen molar-refractivity contribution in [1.82, 2.24) is 19.8 Å². The van der Waals surface area contributed by atoms with Crippen LogP contribution in [0.3, 0.4) is 0 Å². The smallest absolute Gasteiger partial charge is 0.339 e. The van der Waals surface area contributed by atoms with E-state index in [0.717, 1.165) is 54.2 Å². The van der Waals surface area contributed by atoms with E-state index in [-0.39, 0.29) is 12.3 Å². The van der Waals surface area contributed by atoms with E-state index in [2.05, 4.69) is 28.7 Å². The second kappa shape index (κ2) is 10.2. The Morgan fingerprint density at radius 1 is 1.24 bits per heavy atom. The number of amides is 1. The van der Waals surface area contributed by atoms with E-state index in [4.69, 9.17) is 20.8 Å². The van der Waals surface area contributed by atoms with Crippen LogP contribution in [0.4, 0.5) is 0 Å². The minimum absolute atomic E-state index is 0.0514. The van der Waals surface area contributed by atoms with Gasteiger partial charge < -0.3 is 19.0 Å². The molecule has 2 aromatic heterocycles. The number of aromatic nitrogens is 2. The first-order chi connectivity index (χ1) is 16.3. The Labute approximate surface area is 203 Å². The zero-order valence-electron chi connectivity index (χ0n) is 20.2. The van der Waals surface area contributed by atoms with Crippen molar-refractivity contribution < 1.29 is 13.9 Å². The Hall–Kier alpha value is -2.84. The van der Waals surface area contributed by atoms with Gasteiger partial charge in [-0.25, -0.2) is 9.78 Å². The first kappa shape index (κ1) is 24.3. The van der Waals surface area contributed by atoms with Gasteiger partial charge in [0.05, 0.1) is 17.8 Å². The average Bonchev–Trinajstić information content (AvgIpc) is 3.18. The second-order valence-electron chi connectivity index (χ2n) is 8.74. The number of ether oxygens (including phenoxy) is 1. The molecule has 9 heteroatoms. The van der Waals surface area contributed by atoms with Crippen LogP contribution in [0.15, 0.2) is 21.3 Å². The number of halogens is 1. The van der Waals surface area contributed by atoms with Crippen molar-refractivity contribution in [2.75, 3.05) is 33.3 Å². The predicted octanol–water partition coefficient (Wildman–Crippen LogP) is 3.63. The average molecular weight is 487 g/mol. The van der Waals surface area contributed by atoms with E-state index < -0.39 is 5.63 Å². The van der Waals surface area contributed by atoms with Crippen LogP contribution in [0.5, 0.6) is 5.75 Å². The lowest BCUT2D eigenvalue weighted by Crippen LogP contribution is -2.48. The molecule has 4 rings (SSSR count). The minimum Gasteiger partial charge on any atom is -0.495 e. The van der Waals surface area contributed by atoms with Crippen molar-refractivity contribution in [2.45, 2.75) is 46.6 Å². The number of fused-ring (bicyclic) bond motifs is 1. The highest BCUT2D eigenvalue weighted by Crippen LogP contribution is 2.31. The molecule has 3 heterocycles. The molecule has 0 saturated carbocycles. The highest BCUT2D eigenvalue weighted by Gasteiger charge is 2.23. The van der Waals surface area contributed by atoms with Gasteiger partial charge in [0.1, 0.15) is 17.2 Å². The lowest BCUT2D eigenvalue weighted by molar-refractivity contribution is -0.133. The summed E-state index contributed by atoms with van der Waals surface area (Å²) < 4.78 is 10.7. The van der Waals surface area contributed by atoms with Gasteiger partial charge in [-0.2, -0.15) is 0 Å². The Morgan fingerprint density at radius 3 is 2.62 bits per heavy atom. The molecule has 0 radical (unpaired) electrons. The highest BCUT2D eigenvalue weighted by molar-refractivity contribution is 6.32. The molecule has 1 saturated heterocycles. The van der Waals surface area contributed by atoms with Gasteiger partial charge >= 0.3 is 5.63 Å². The maximum atomic E-state index is 12.9. The molecule has 3 aromatic rings. The molecular weight excluding hydrogens is 456 g/mol. The molecule has 1 aliphatic heterocycles. The normalized spacial score (nSPS) is 14.7. The van der Waals surface area contributed by atoms with Gasteiger partial charge in [0, 0.05) is 68.3 Å². The summed E-state index contributed by atoms with van der Waals surface area (Å²) in [5.74, 6) is 1.51. The molecule has 0 bridgehead atoms. The fourth-order valence-electron chi connectivity index (χ4n) is 4.48. The van der Waals surface area contributed by atoms with Gasteiger partial charge in [-0.3, -0.25) is 9.69 Å². The molecule has 182 valence electrons. The summed E-state index contributed by atoms with van der Waals surface area (Å²) in [5.41, 5.74) is 3.49. The van der Waals surface area contributed by atoms with Gasteiger partial charge in [0.15, 0.2) is 0 Å². The summed E-state index contributed by atoms with van der Waals surface area (Å²) in [6.45, 7) is 9.73. The van der Waals surface area contributed by atoms with Crippen LogP contribution in [0, 0.1) is 13.8 Å². The van der Waals surface area contributed by atoms with Crippen LogP contribution in [0.25, 0.3) is 11.0 Å². The number of hydrogen-bond acceptors (Lipinski definition) is 6. The van der Waals surface area contributed by atoms with E-state index in [9.17, 15) is 9.59 Å². The number of aromatic amines is 1. The number of nitrogens with one attached hydrogen (secondary N) is 1. The Kier molecular flexibility index (Phi) is 7.28. The first-order valence-electron chi connectivity index (χ1n) is 11.6. The maximum Gasteiger partial charge on any atom is 0.339 e. The summed E-state index contributed by atoms with van der Waals surface area (Å²) in [6.07, 6.45) is 1.48. The zero-order valence-corrected chi connectivity index (χ0v) is 20.9. The summed E-state index contributed by atoms with van der Waals surface area (Å²) in [4.78, 5) is 37.7. The molecule has 1 aromatic carbocycles. The van der Waals surface area contributed by atoms with Crippen LogP contribution in [-0.4, -0.2) is 59.0 Å². The van der Waals surface area contributed by atoms with Crippen LogP contribution < -0.4 is 10.4 Å². The molecule has 0 aliphatic carbocycles. The second-order valence-corrected chi connectivity index (χ2v) is 9.15. The van der Waals surface area contributed by atoms with E-state index >= 15 is 0 Å². The summed E-state index contributed by atoms with van der Waals surface area (Å²) in [7, 11) is 1.51. The Balaban J connectivity index is 1.37. The fraction of sp³-hybridized carbons (Fsp3) is 0.480. The quantitative estimate of drug-likeness (QED) is 0.513. The number of hydrogen-bond donors (Lipinski definition) is 1. The van der Waals surface area contributed by atoms with Gasteiger partial charge in [-0.1, -0.05) is 18.5 Å². The number of benzene rings is 1. The molecule has 1 aliphatic rings. The summed E-state index contributed by atoms with van der Waals surface area (Å²) in [5, 5.41) is 1.20. The van der Waals surface area contributed by atoms with Crippen molar-refractivity contribution in [1.29, 1.82) is 0 Å².